The maximum absolute atomic E-state index is 12.5. The molecule has 2 aromatic rings. The minimum Gasteiger partial charge on any atom is -0.371 e. The van der Waals surface area contributed by atoms with Crippen LogP contribution >= 0.6 is 11.6 Å². The van der Waals surface area contributed by atoms with Gasteiger partial charge in [0.1, 0.15) is 0 Å². The fourth-order valence-corrected chi connectivity index (χ4v) is 4.54. The summed E-state index contributed by atoms with van der Waals surface area (Å²) < 4.78 is 27.7. The normalized spacial score (nSPS) is 18.1. The molecule has 0 aromatic heterocycles. The van der Waals surface area contributed by atoms with Gasteiger partial charge in [0.2, 0.25) is 10.0 Å². The summed E-state index contributed by atoms with van der Waals surface area (Å²) >= 11 is 5.92. The number of benzene rings is 2. The molecule has 1 atom stereocenters. The highest BCUT2D eigenvalue weighted by Gasteiger charge is 2.25. The average molecular weight is 365 g/mol. The van der Waals surface area contributed by atoms with Crippen molar-refractivity contribution in [1.29, 1.82) is 0 Å². The number of sulfonamides is 1. The van der Waals surface area contributed by atoms with Gasteiger partial charge in [-0.15, -0.1) is 0 Å². The Bertz CT molecular complexity index is 806. The number of nitrogens with one attached hydrogen (secondary N) is 1. The van der Waals surface area contributed by atoms with Gasteiger partial charge in [0, 0.05) is 30.3 Å². The van der Waals surface area contributed by atoms with Gasteiger partial charge in [0.25, 0.3) is 0 Å². The highest BCUT2D eigenvalue weighted by atomic mass is 35.5. The molecule has 3 rings (SSSR count). The van der Waals surface area contributed by atoms with E-state index in [2.05, 4.69) is 9.62 Å². The first-order chi connectivity index (χ1) is 11.5. The van der Waals surface area contributed by atoms with Crippen LogP contribution < -0.4 is 9.62 Å². The molecular formula is C18H21ClN2O2S. The third-order valence-corrected chi connectivity index (χ3v) is 6.26. The van der Waals surface area contributed by atoms with Gasteiger partial charge in [0.15, 0.2) is 0 Å². The topological polar surface area (TPSA) is 49.4 Å². The number of hydrogen-bond acceptors (Lipinski definition) is 3. The van der Waals surface area contributed by atoms with Crippen molar-refractivity contribution in [1.82, 2.24) is 4.72 Å². The number of nitrogens with zero attached hydrogens (tertiary/aromatic N) is 1. The second-order valence-electron chi connectivity index (χ2n) is 6.19. The lowest BCUT2D eigenvalue weighted by Crippen LogP contribution is -2.31. The third kappa shape index (κ3) is 3.91. The van der Waals surface area contributed by atoms with Crippen LogP contribution in [0.5, 0.6) is 0 Å². The Labute approximate surface area is 148 Å². The van der Waals surface area contributed by atoms with Crippen molar-refractivity contribution in [2.75, 3.05) is 24.5 Å². The van der Waals surface area contributed by atoms with Crippen LogP contribution in [0, 0.1) is 12.8 Å². The highest BCUT2D eigenvalue weighted by Crippen LogP contribution is 2.25. The average Bonchev–Trinajstić information content (AvgIpc) is 3.03. The predicted molar refractivity (Wildman–Crippen MR) is 98.1 cm³/mol. The van der Waals surface area contributed by atoms with Gasteiger partial charge in [0.05, 0.1) is 4.90 Å². The van der Waals surface area contributed by atoms with E-state index in [1.165, 1.54) is 0 Å². The Morgan fingerprint density at radius 1 is 1.17 bits per heavy atom. The molecular weight excluding hydrogens is 344 g/mol. The van der Waals surface area contributed by atoms with E-state index in [0.29, 0.717) is 17.4 Å². The molecule has 1 fully saturated rings. The Kier molecular flexibility index (Phi) is 5.13. The zero-order valence-corrected chi connectivity index (χ0v) is 15.1. The predicted octanol–water partition coefficient (Wildman–Crippen LogP) is 3.45. The molecule has 1 aliphatic rings. The first kappa shape index (κ1) is 17.3. The van der Waals surface area contributed by atoms with Crippen molar-refractivity contribution in [2.24, 2.45) is 5.92 Å². The lowest BCUT2D eigenvalue weighted by molar-refractivity contribution is 0.541. The van der Waals surface area contributed by atoms with E-state index in [9.17, 15) is 8.42 Å². The lowest BCUT2D eigenvalue weighted by Gasteiger charge is -2.19. The second-order valence-corrected chi connectivity index (χ2v) is 8.37. The molecule has 6 heteroatoms. The molecule has 1 aliphatic heterocycles. The van der Waals surface area contributed by atoms with Crippen LogP contribution in [-0.2, 0) is 10.0 Å². The molecule has 24 heavy (non-hydrogen) atoms. The second kappa shape index (κ2) is 7.13. The number of aryl methyl sites for hydroxylation is 1. The summed E-state index contributed by atoms with van der Waals surface area (Å²) in [6.45, 7) is 4.05. The van der Waals surface area contributed by atoms with Crippen molar-refractivity contribution in [3.05, 3.63) is 59.1 Å². The molecule has 0 saturated carbocycles. The van der Waals surface area contributed by atoms with E-state index < -0.39 is 10.0 Å². The Morgan fingerprint density at radius 3 is 2.58 bits per heavy atom. The first-order valence-electron chi connectivity index (χ1n) is 8.01. The number of rotatable bonds is 5. The van der Waals surface area contributed by atoms with Crippen LogP contribution in [0.4, 0.5) is 5.69 Å². The molecule has 1 heterocycles. The summed E-state index contributed by atoms with van der Waals surface area (Å²) in [6.07, 6.45) is 0.971. The Balaban J connectivity index is 1.60. The minimum atomic E-state index is -3.45. The van der Waals surface area contributed by atoms with E-state index in [1.54, 1.807) is 12.1 Å². The van der Waals surface area contributed by atoms with Gasteiger partial charge in [-0.3, -0.25) is 0 Å². The standard InChI is InChI=1S/C18H21ClN2O2S/c1-14-4-2-3-5-18(14)24(22,23)20-12-15-10-11-21(13-15)17-8-6-16(19)7-9-17/h2-9,15,20H,10-13H2,1H3. The van der Waals surface area contributed by atoms with Gasteiger partial charge >= 0.3 is 0 Å². The van der Waals surface area contributed by atoms with E-state index in [4.69, 9.17) is 11.6 Å². The van der Waals surface area contributed by atoms with E-state index in [0.717, 1.165) is 35.8 Å². The van der Waals surface area contributed by atoms with Crippen LogP contribution in [0.15, 0.2) is 53.4 Å². The molecule has 0 aliphatic carbocycles. The van der Waals surface area contributed by atoms with Gasteiger partial charge in [-0.05, 0) is 55.2 Å². The molecule has 128 valence electrons. The molecule has 0 amide bonds. The minimum absolute atomic E-state index is 0.305. The maximum Gasteiger partial charge on any atom is 0.240 e. The van der Waals surface area contributed by atoms with Gasteiger partial charge in [-0.1, -0.05) is 29.8 Å². The van der Waals surface area contributed by atoms with Crippen molar-refractivity contribution < 1.29 is 8.42 Å². The van der Waals surface area contributed by atoms with Gasteiger partial charge in [-0.2, -0.15) is 0 Å². The van der Waals surface area contributed by atoms with Gasteiger partial charge in [-0.25, -0.2) is 13.1 Å². The summed E-state index contributed by atoms with van der Waals surface area (Å²) in [5.74, 6) is 0.305. The third-order valence-electron chi connectivity index (χ3n) is 4.42. The molecule has 2 aromatic carbocycles. The van der Waals surface area contributed by atoms with Gasteiger partial charge < -0.3 is 4.90 Å². The van der Waals surface area contributed by atoms with Crippen molar-refractivity contribution in [3.8, 4) is 0 Å². The molecule has 1 saturated heterocycles. The first-order valence-corrected chi connectivity index (χ1v) is 9.87. The monoisotopic (exact) mass is 364 g/mol. The summed E-state index contributed by atoms with van der Waals surface area (Å²) in [7, 11) is -3.45. The number of hydrogen-bond donors (Lipinski definition) is 1. The quantitative estimate of drug-likeness (QED) is 0.884. The SMILES string of the molecule is Cc1ccccc1S(=O)(=O)NCC1CCN(c2ccc(Cl)cc2)C1. The van der Waals surface area contributed by atoms with Crippen LogP contribution in [-0.4, -0.2) is 28.1 Å². The highest BCUT2D eigenvalue weighted by molar-refractivity contribution is 7.89. The van der Waals surface area contributed by atoms with E-state index in [1.807, 2.05) is 43.3 Å². The van der Waals surface area contributed by atoms with Crippen molar-refractivity contribution >= 4 is 27.3 Å². The van der Waals surface area contributed by atoms with Crippen molar-refractivity contribution in [3.63, 3.8) is 0 Å². The summed E-state index contributed by atoms with van der Waals surface area (Å²) in [5, 5.41) is 0.723. The zero-order valence-electron chi connectivity index (χ0n) is 13.6. The number of anilines is 1. The van der Waals surface area contributed by atoms with Crippen molar-refractivity contribution in [2.45, 2.75) is 18.2 Å². The maximum atomic E-state index is 12.5. The van der Waals surface area contributed by atoms with Crippen LogP contribution in [0.2, 0.25) is 5.02 Å². The zero-order chi connectivity index (χ0) is 17.2. The smallest absolute Gasteiger partial charge is 0.240 e. The molecule has 4 nitrogen and oxygen atoms in total. The summed E-state index contributed by atoms with van der Waals surface area (Å²) in [5.41, 5.74) is 1.89. The fraction of sp³-hybridized carbons (Fsp3) is 0.333. The van der Waals surface area contributed by atoms with E-state index >= 15 is 0 Å². The van der Waals surface area contributed by atoms with Crippen LogP contribution in [0.1, 0.15) is 12.0 Å². The number of halogens is 1. The van der Waals surface area contributed by atoms with Crippen LogP contribution in [0.3, 0.4) is 0 Å². The Morgan fingerprint density at radius 2 is 1.88 bits per heavy atom. The molecule has 0 radical (unpaired) electrons. The summed E-state index contributed by atoms with van der Waals surface area (Å²) in [6, 6.07) is 14.8. The summed E-state index contributed by atoms with van der Waals surface area (Å²) in [4.78, 5) is 2.63. The largest absolute Gasteiger partial charge is 0.371 e. The molecule has 1 N–H and O–H groups in total. The van der Waals surface area contributed by atoms with Crippen LogP contribution in [0.25, 0.3) is 0 Å². The molecule has 0 spiro atoms. The Hall–Kier alpha value is -1.56. The molecule has 0 bridgehead atoms. The molecule has 1 unspecified atom stereocenters. The fourth-order valence-electron chi connectivity index (χ4n) is 3.05. The lowest BCUT2D eigenvalue weighted by atomic mass is 10.1. The van der Waals surface area contributed by atoms with E-state index in [-0.39, 0.29) is 0 Å².